The molecule has 0 N–H and O–H groups in total. The largest absolute Gasteiger partial charge is 0.496 e. The number of alkyl halides is 2. The predicted octanol–water partition coefficient (Wildman–Crippen LogP) is 6.54. The van der Waals surface area contributed by atoms with Crippen molar-refractivity contribution in [2.75, 3.05) is 6.61 Å². The average molecular weight is 384 g/mol. The molecule has 1 fully saturated rings. The highest BCUT2D eigenvalue weighted by Crippen LogP contribution is 2.36. The molecule has 120 valence electrons. The van der Waals surface area contributed by atoms with Crippen LogP contribution in [0.5, 0.6) is 0 Å². The third kappa shape index (κ3) is 6.96. The van der Waals surface area contributed by atoms with Crippen LogP contribution in [0.25, 0.3) is 0 Å². The minimum absolute atomic E-state index is 0.0382. The predicted molar refractivity (Wildman–Crippen MR) is 87.9 cm³/mol. The second kappa shape index (κ2) is 8.94. The van der Waals surface area contributed by atoms with Gasteiger partial charge in [0.2, 0.25) is 5.92 Å². The van der Waals surface area contributed by atoms with E-state index in [-0.39, 0.29) is 18.8 Å². The van der Waals surface area contributed by atoms with E-state index in [9.17, 15) is 8.78 Å². The number of allylic oxidation sites excluding steroid dienone is 5. The van der Waals surface area contributed by atoms with Crippen LogP contribution in [-0.2, 0) is 4.74 Å². The first-order valence-corrected chi connectivity index (χ1v) is 8.44. The lowest BCUT2D eigenvalue weighted by atomic mass is 9.87. The van der Waals surface area contributed by atoms with E-state index in [1.165, 1.54) is 0 Å². The van der Waals surface area contributed by atoms with Crippen LogP contribution in [0.3, 0.4) is 0 Å². The Bertz CT molecular complexity index is 409. The number of rotatable bonds is 7. The first-order valence-electron chi connectivity index (χ1n) is 7.27. The molecule has 1 nitrogen and oxygen atoms in total. The molecule has 0 heterocycles. The molecule has 21 heavy (non-hydrogen) atoms. The van der Waals surface area contributed by atoms with E-state index in [0.717, 1.165) is 23.1 Å². The number of hydrogen-bond donors (Lipinski definition) is 0. The van der Waals surface area contributed by atoms with Crippen molar-refractivity contribution in [3.8, 4) is 0 Å². The van der Waals surface area contributed by atoms with Crippen molar-refractivity contribution in [3.63, 3.8) is 0 Å². The first kappa shape index (κ1) is 18.7. The van der Waals surface area contributed by atoms with Gasteiger partial charge in [0, 0.05) is 23.7 Å². The molecule has 0 aliphatic heterocycles. The van der Waals surface area contributed by atoms with E-state index in [1.807, 2.05) is 6.92 Å². The summed E-state index contributed by atoms with van der Waals surface area (Å²) in [7, 11) is 0. The number of hydrogen-bond acceptors (Lipinski definition) is 1. The molecule has 1 rings (SSSR count). The van der Waals surface area contributed by atoms with Gasteiger partial charge in [0.15, 0.2) is 0 Å². The minimum Gasteiger partial charge on any atom is -0.496 e. The molecule has 0 aromatic heterocycles. The van der Waals surface area contributed by atoms with Gasteiger partial charge in [-0.05, 0) is 31.3 Å². The molecule has 0 spiro atoms. The van der Waals surface area contributed by atoms with Crippen LogP contribution in [0.1, 0.15) is 45.4 Å². The highest BCUT2D eigenvalue weighted by molar-refractivity contribution is 9.11. The lowest BCUT2D eigenvalue weighted by molar-refractivity contribution is -0.0528. The van der Waals surface area contributed by atoms with Crippen molar-refractivity contribution in [2.24, 2.45) is 5.92 Å². The van der Waals surface area contributed by atoms with Crippen LogP contribution in [0, 0.1) is 5.92 Å². The number of ether oxygens (including phenoxy) is 1. The van der Waals surface area contributed by atoms with E-state index in [1.54, 1.807) is 12.2 Å². The van der Waals surface area contributed by atoms with Gasteiger partial charge < -0.3 is 4.74 Å². The van der Waals surface area contributed by atoms with Crippen molar-refractivity contribution in [1.82, 2.24) is 0 Å². The van der Waals surface area contributed by atoms with Crippen LogP contribution in [0.4, 0.5) is 8.78 Å². The second-order valence-electron chi connectivity index (χ2n) is 5.36. The Hall–Kier alpha value is -0.350. The molecule has 1 aliphatic carbocycles. The zero-order chi connectivity index (χ0) is 15.9. The molecule has 0 aromatic carbocycles. The molecule has 0 radical (unpaired) electrons. The monoisotopic (exact) mass is 382 g/mol. The van der Waals surface area contributed by atoms with Crippen LogP contribution in [-0.4, -0.2) is 12.5 Å². The fourth-order valence-corrected chi connectivity index (χ4v) is 2.86. The zero-order valence-electron chi connectivity index (χ0n) is 12.3. The van der Waals surface area contributed by atoms with Gasteiger partial charge in [-0.3, -0.25) is 0 Å². The Labute approximate surface area is 139 Å². The lowest BCUT2D eigenvalue weighted by Crippen LogP contribution is -2.26. The van der Waals surface area contributed by atoms with E-state index in [0.29, 0.717) is 24.5 Å². The minimum atomic E-state index is -2.49. The summed E-state index contributed by atoms with van der Waals surface area (Å²) in [5.41, 5.74) is 0. The standard InChI is InChI=1S/C16H22BrClF2O/c1-3-5-15(14(18)10-13(17)4-2)21-11-12-6-8-16(19,20)9-7-12/h4,10,12H,2-3,5-9,11H2,1H3/b13-10+,15-14-. The highest BCUT2D eigenvalue weighted by Gasteiger charge is 2.35. The Balaban J connectivity index is 2.59. The second-order valence-corrected chi connectivity index (χ2v) is 6.69. The van der Waals surface area contributed by atoms with Crippen LogP contribution < -0.4 is 0 Å². The van der Waals surface area contributed by atoms with Gasteiger partial charge in [-0.25, -0.2) is 8.78 Å². The summed E-state index contributed by atoms with van der Waals surface area (Å²) >= 11 is 9.57. The van der Waals surface area contributed by atoms with Gasteiger partial charge >= 0.3 is 0 Å². The fraction of sp³-hybridized carbons (Fsp3) is 0.625. The maximum absolute atomic E-state index is 13.1. The maximum atomic E-state index is 13.1. The van der Waals surface area contributed by atoms with E-state index in [4.69, 9.17) is 16.3 Å². The summed E-state index contributed by atoms with van der Waals surface area (Å²) < 4.78 is 32.8. The summed E-state index contributed by atoms with van der Waals surface area (Å²) in [6.07, 6.45) is 5.98. The van der Waals surface area contributed by atoms with Gasteiger partial charge in [-0.1, -0.05) is 47.1 Å². The van der Waals surface area contributed by atoms with Gasteiger partial charge in [-0.2, -0.15) is 0 Å². The van der Waals surface area contributed by atoms with Crippen molar-refractivity contribution < 1.29 is 13.5 Å². The first-order chi connectivity index (χ1) is 9.88. The molecule has 1 saturated carbocycles. The van der Waals surface area contributed by atoms with Gasteiger partial charge in [0.1, 0.15) is 5.76 Å². The topological polar surface area (TPSA) is 9.23 Å². The van der Waals surface area contributed by atoms with Gasteiger partial charge in [0.05, 0.1) is 11.6 Å². The highest BCUT2D eigenvalue weighted by atomic mass is 79.9. The van der Waals surface area contributed by atoms with Crippen LogP contribution in [0.15, 0.2) is 34.0 Å². The summed E-state index contributed by atoms with van der Waals surface area (Å²) in [5.74, 6) is -1.59. The normalized spacial score (nSPS) is 20.9. The third-order valence-corrected chi connectivity index (χ3v) is 4.41. The van der Waals surface area contributed by atoms with Crippen LogP contribution >= 0.6 is 27.5 Å². The lowest BCUT2D eigenvalue weighted by Gasteiger charge is -2.28. The molecule has 0 bridgehead atoms. The molecule has 0 unspecified atom stereocenters. The Kier molecular flexibility index (Phi) is 7.96. The summed E-state index contributed by atoms with van der Waals surface area (Å²) in [6.45, 7) is 6.15. The van der Waals surface area contributed by atoms with Crippen molar-refractivity contribution in [1.29, 1.82) is 0 Å². The molecule has 5 heteroatoms. The molecule has 0 atom stereocenters. The summed E-state index contributed by atoms with van der Waals surface area (Å²) in [6, 6.07) is 0. The molecule has 0 amide bonds. The van der Waals surface area contributed by atoms with E-state index in [2.05, 4.69) is 22.5 Å². The van der Waals surface area contributed by atoms with Gasteiger partial charge in [-0.15, -0.1) is 0 Å². The molecule has 0 aromatic rings. The number of halogens is 4. The summed E-state index contributed by atoms with van der Waals surface area (Å²) in [5, 5.41) is 0.532. The van der Waals surface area contributed by atoms with Crippen molar-refractivity contribution in [2.45, 2.75) is 51.4 Å². The summed E-state index contributed by atoms with van der Waals surface area (Å²) in [4.78, 5) is 0. The average Bonchev–Trinajstić information content (AvgIpc) is 2.44. The van der Waals surface area contributed by atoms with E-state index < -0.39 is 5.92 Å². The Morgan fingerprint density at radius 3 is 2.57 bits per heavy atom. The quantitative estimate of drug-likeness (QED) is 0.358. The van der Waals surface area contributed by atoms with Crippen molar-refractivity contribution in [3.05, 3.63) is 34.0 Å². The van der Waals surface area contributed by atoms with Crippen LogP contribution in [0.2, 0.25) is 0 Å². The van der Waals surface area contributed by atoms with Gasteiger partial charge in [0.25, 0.3) is 0 Å². The maximum Gasteiger partial charge on any atom is 0.248 e. The molecule has 1 aliphatic rings. The molecule has 0 saturated heterocycles. The smallest absolute Gasteiger partial charge is 0.248 e. The SMILES string of the molecule is C=C/C(Br)=C\C(Cl)=C(/CCC)OCC1CCC(F)(F)CC1. The fourth-order valence-electron chi connectivity index (χ4n) is 2.23. The molecular weight excluding hydrogens is 362 g/mol. The zero-order valence-corrected chi connectivity index (χ0v) is 14.7. The Morgan fingerprint density at radius 2 is 2.05 bits per heavy atom. The van der Waals surface area contributed by atoms with E-state index >= 15 is 0 Å². The Morgan fingerprint density at radius 1 is 1.43 bits per heavy atom. The van der Waals surface area contributed by atoms with Crippen molar-refractivity contribution >= 4 is 27.5 Å². The third-order valence-electron chi connectivity index (χ3n) is 3.53. The molecular formula is C16H22BrClF2O.